The predicted octanol–water partition coefficient (Wildman–Crippen LogP) is 4.67. The monoisotopic (exact) mass is 440 g/mol. The van der Waals surface area contributed by atoms with Gasteiger partial charge in [-0.3, -0.25) is 9.59 Å². The van der Waals surface area contributed by atoms with Crippen molar-refractivity contribution in [1.29, 1.82) is 0 Å². The van der Waals surface area contributed by atoms with Crippen LogP contribution in [0.1, 0.15) is 16.1 Å². The second-order valence-electron chi connectivity index (χ2n) is 6.41. The van der Waals surface area contributed by atoms with Crippen LogP contribution in [-0.2, 0) is 4.79 Å². The fraction of sp³-hybridized carbons (Fsp3) is 0.143. The third-order valence-electron chi connectivity index (χ3n) is 4.58. The number of furan rings is 1. The Morgan fingerprint density at radius 1 is 1.32 bits per heavy atom. The van der Waals surface area contributed by atoms with Crippen molar-refractivity contribution >= 4 is 50.1 Å². The van der Waals surface area contributed by atoms with Gasteiger partial charge in [0.1, 0.15) is 11.3 Å². The topological polar surface area (TPSA) is 71.8 Å². The van der Waals surface area contributed by atoms with Gasteiger partial charge in [0, 0.05) is 27.7 Å². The standard InChI is InChI=1S/C21H17BrN2O4/c1-3-8-24-16-10-14(5-7-17(16)27-11-19(24)25)23-21(26)20-12(2)15-6-4-13(22)9-18(15)28-20/h3-7,9-10H,1,8,11H2,2H3,(H,23,26). The molecule has 6 nitrogen and oxygen atoms in total. The number of ether oxygens (including phenoxy) is 1. The predicted molar refractivity (Wildman–Crippen MR) is 111 cm³/mol. The summed E-state index contributed by atoms with van der Waals surface area (Å²) in [5.41, 5.74) is 2.54. The molecule has 1 aliphatic rings. The molecule has 142 valence electrons. The van der Waals surface area contributed by atoms with Crippen molar-refractivity contribution in [2.75, 3.05) is 23.4 Å². The van der Waals surface area contributed by atoms with Crippen molar-refractivity contribution in [2.45, 2.75) is 6.92 Å². The zero-order valence-corrected chi connectivity index (χ0v) is 16.7. The molecular weight excluding hydrogens is 424 g/mol. The van der Waals surface area contributed by atoms with Crippen LogP contribution in [-0.4, -0.2) is 25.0 Å². The first-order valence-corrected chi connectivity index (χ1v) is 9.45. The molecule has 2 aromatic carbocycles. The fourth-order valence-corrected chi connectivity index (χ4v) is 3.55. The number of carbonyl (C=O) groups excluding carboxylic acids is 2. The highest BCUT2D eigenvalue weighted by atomic mass is 79.9. The van der Waals surface area contributed by atoms with Gasteiger partial charge in [0.25, 0.3) is 11.8 Å². The highest BCUT2D eigenvalue weighted by Crippen LogP contribution is 2.35. The van der Waals surface area contributed by atoms with Gasteiger partial charge in [0.2, 0.25) is 0 Å². The molecule has 3 aromatic rings. The molecule has 2 amide bonds. The van der Waals surface area contributed by atoms with Crippen LogP contribution < -0.4 is 15.0 Å². The fourth-order valence-electron chi connectivity index (χ4n) is 3.21. The van der Waals surface area contributed by atoms with E-state index in [0.717, 1.165) is 15.4 Å². The Balaban J connectivity index is 1.65. The Labute approximate surface area is 169 Å². The van der Waals surface area contributed by atoms with Crippen LogP contribution in [0.15, 0.2) is 57.9 Å². The zero-order valence-electron chi connectivity index (χ0n) is 15.1. The van der Waals surface area contributed by atoms with E-state index in [-0.39, 0.29) is 24.2 Å². The Hall–Kier alpha value is -3.06. The smallest absolute Gasteiger partial charge is 0.291 e. The van der Waals surface area contributed by atoms with E-state index in [9.17, 15) is 9.59 Å². The molecule has 0 saturated carbocycles. The lowest BCUT2D eigenvalue weighted by Crippen LogP contribution is -2.38. The summed E-state index contributed by atoms with van der Waals surface area (Å²) in [5.74, 6) is 0.322. The molecule has 0 fully saturated rings. The Morgan fingerprint density at radius 2 is 2.14 bits per heavy atom. The number of nitrogens with zero attached hydrogens (tertiary/aromatic N) is 1. The van der Waals surface area contributed by atoms with E-state index in [1.807, 2.05) is 25.1 Å². The normalized spacial score (nSPS) is 13.2. The molecule has 7 heteroatoms. The Morgan fingerprint density at radius 3 is 2.93 bits per heavy atom. The van der Waals surface area contributed by atoms with Crippen LogP contribution >= 0.6 is 15.9 Å². The average Bonchev–Trinajstić information content (AvgIpc) is 3.00. The maximum Gasteiger partial charge on any atom is 0.291 e. The molecule has 0 spiro atoms. The molecule has 0 bridgehead atoms. The number of aryl methyl sites for hydroxylation is 1. The minimum atomic E-state index is -0.358. The van der Waals surface area contributed by atoms with Crippen molar-refractivity contribution in [3.05, 3.63) is 64.8 Å². The van der Waals surface area contributed by atoms with Crippen LogP contribution in [0, 0.1) is 6.92 Å². The van der Waals surface area contributed by atoms with E-state index in [2.05, 4.69) is 27.8 Å². The van der Waals surface area contributed by atoms with E-state index in [0.29, 0.717) is 29.3 Å². The molecule has 2 heterocycles. The second kappa shape index (κ2) is 7.16. The van der Waals surface area contributed by atoms with Gasteiger partial charge in [0.05, 0.1) is 5.69 Å². The molecule has 28 heavy (non-hydrogen) atoms. The summed E-state index contributed by atoms with van der Waals surface area (Å²) in [4.78, 5) is 26.5. The maximum absolute atomic E-state index is 12.8. The van der Waals surface area contributed by atoms with Gasteiger partial charge in [-0.15, -0.1) is 6.58 Å². The quantitative estimate of drug-likeness (QED) is 0.598. The van der Waals surface area contributed by atoms with Gasteiger partial charge in [-0.2, -0.15) is 0 Å². The summed E-state index contributed by atoms with van der Waals surface area (Å²) >= 11 is 3.40. The summed E-state index contributed by atoms with van der Waals surface area (Å²) in [6.07, 6.45) is 1.65. The van der Waals surface area contributed by atoms with Gasteiger partial charge in [-0.05, 0) is 43.3 Å². The van der Waals surface area contributed by atoms with E-state index in [1.54, 1.807) is 29.2 Å². The first kappa shape index (κ1) is 18.3. The first-order chi connectivity index (χ1) is 13.5. The zero-order chi connectivity index (χ0) is 19.8. The third kappa shape index (κ3) is 3.18. The van der Waals surface area contributed by atoms with Crippen LogP contribution in [0.4, 0.5) is 11.4 Å². The van der Waals surface area contributed by atoms with Crippen LogP contribution in [0.3, 0.4) is 0 Å². The van der Waals surface area contributed by atoms with Gasteiger partial charge < -0.3 is 19.4 Å². The highest BCUT2D eigenvalue weighted by molar-refractivity contribution is 9.10. The Kier molecular flexibility index (Phi) is 4.68. The molecule has 1 aliphatic heterocycles. The maximum atomic E-state index is 12.8. The number of hydrogen-bond donors (Lipinski definition) is 1. The van der Waals surface area contributed by atoms with Crippen molar-refractivity contribution in [3.8, 4) is 5.75 Å². The summed E-state index contributed by atoms with van der Waals surface area (Å²) in [6.45, 7) is 5.89. The first-order valence-electron chi connectivity index (χ1n) is 8.66. The SMILES string of the molecule is C=CCN1C(=O)COc2ccc(NC(=O)c3oc4cc(Br)ccc4c3C)cc21. The molecule has 0 unspecified atom stereocenters. The molecule has 1 N–H and O–H groups in total. The van der Waals surface area contributed by atoms with E-state index in [4.69, 9.17) is 9.15 Å². The minimum absolute atomic E-state index is 0.0136. The number of benzene rings is 2. The molecule has 0 atom stereocenters. The van der Waals surface area contributed by atoms with Crippen LogP contribution in [0.5, 0.6) is 5.75 Å². The molecule has 0 aliphatic carbocycles. The van der Waals surface area contributed by atoms with E-state index >= 15 is 0 Å². The summed E-state index contributed by atoms with van der Waals surface area (Å²) in [6, 6.07) is 10.8. The highest BCUT2D eigenvalue weighted by Gasteiger charge is 2.25. The van der Waals surface area contributed by atoms with Gasteiger partial charge >= 0.3 is 0 Å². The number of anilines is 2. The molecule has 0 saturated heterocycles. The average molecular weight is 441 g/mol. The summed E-state index contributed by atoms with van der Waals surface area (Å²) < 4.78 is 12.1. The summed E-state index contributed by atoms with van der Waals surface area (Å²) in [5, 5.41) is 3.72. The number of hydrogen-bond acceptors (Lipinski definition) is 4. The largest absolute Gasteiger partial charge is 0.482 e. The van der Waals surface area contributed by atoms with Gasteiger partial charge in [0.15, 0.2) is 12.4 Å². The van der Waals surface area contributed by atoms with Crippen molar-refractivity contribution < 1.29 is 18.7 Å². The number of rotatable bonds is 4. The molecule has 0 radical (unpaired) electrons. The summed E-state index contributed by atoms with van der Waals surface area (Å²) in [7, 11) is 0. The van der Waals surface area contributed by atoms with Crippen molar-refractivity contribution in [2.24, 2.45) is 0 Å². The minimum Gasteiger partial charge on any atom is -0.482 e. The molecule has 4 rings (SSSR count). The lowest BCUT2D eigenvalue weighted by molar-refractivity contribution is -0.121. The van der Waals surface area contributed by atoms with Crippen LogP contribution in [0.25, 0.3) is 11.0 Å². The molecular formula is C21H17BrN2O4. The third-order valence-corrected chi connectivity index (χ3v) is 5.07. The lowest BCUT2D eigenvalue weighted by atomic mass is 10.1. The van der Waals surface area contributed by atoms with Crippen molar-refractivity contribution in [1.82, 2.24) is 0 Å². The van der Waals surface area contributed by atoms with Gasteiger partial charge in [-0.25, -0.2) is 0 Å². The van der Waals surface area contributed by atoms with Crippen molar-refractivity contribution in [3.63, 3.8) is 0 Å². The number of nitrogens with one attached hydrogen (secondary N) is 1. The number of fused-ring (bicyclic) bond motifs is 2. The lowest BCUT2D eigenvalue weighted by Gasteiger charge is -2.28. The number of carbonyl (C=O) groups is 2. The number of amides is 2. The van der Waals surface area contributed by atoms with Gasteiger partial charge in [-0.1, -0.05) is 22.0 Å². The molecule has 1 aromatic heterocycles. The van der Waals surface area contributed by atoms with Crippen LogP contribution in [0.2, 0.25) is 0 Å². The van der Waals surface area contributed by atoms with E-state index < -0.39 is 0 Å². The second-order valence-corrected chi connectivity index (χ2v) is 7.33. The number of halogens is 1. The van der Waals surface area contributed by atoms with E-state index in [1.165, 1.54) is 0 Å². The Bertz CT molecular complexity index is 1120.